The number of hydrogen-bond donors (Lipinski definition) is 1. The number of ether oxygens (including phenoxy) is 1. The summed E-state index contributed by atoms with van der Waals surface area (Å²) in [6.45, 7) is 0. The minimum atomic E-state index is -1.89. The molecule has 18 heavy (non-hydrogen) atoms. The van der Waals surface area contributed by atoms with Crippen LogP contribution in [-0.2, 0) is 9.53 Å². The smallest absolute Gasteiger partial charge is 0.377 e. The van der Waals surface area contributed by atoms with E-state index in [0.29, 0.717) is 0 Å². The minimum absolute atomic E-state index is 0.459. The highest BCUT2D eigenvalue weighted by atomic mass is 16.6. The van der Waals surface area contributed by atoms with Gasteiger partial charge in [-0.05, 0) is 6.07 Å². The number of carboxylic acids is 1. The molecule has 0 aliphatic carbocycles. The molecule has 0 unspecified atom stereocenters. The molecule has 0 amide bonds. The number of Topliss-reactive ketones (excluding diaryl/α,β-unsaturated/α-hetero) is 1. The third-order valence-electron chi connectivity index (χ3n) is 2.07. The van der Waals surface area contributed by atoms with Gasteiger partial charge in [0.05, 0.1) is 17.6 Å². The Kier molecular flexibility index (Phi) is 3.72. The number of carbonyl (C=O) groups excluding carboxylic acids is 2. The van der Waals surface area contributed by atoms with Crippen molar-refractivity contribution < 1.29 is 29.2 Å². The minimum Gasteiger partial charge on any atom is -0.475 e. The van der Waals surface area contributed by atoms with E-state index in [1.807, 2.05) is 0 Å². The summed E-state index contributed by atoms with van der Waals surface area (Å²) in [4.78, 5) is 43.1. The fourth-order valence-electron chi connectivity index (χ4n) is 1.32. The van der Waals surface area contributed by atoms with Crippen LogP contribution in [0.2, 0.25) is 0 Å². The second-order valence-electron chi connectivity index (χ2n) is 3.08. The normalized spacial score (nSPS) is 9.61. The molecule has 1 N–H and O–H groups in total. The van der Waals surface area contributed by atoms with Crippen molar-refractivity contribution in [1.82, 2.24) is 0 Å². The molecule has 0 atom stereocenters. The third-order valence-corrected chi connectivity index (χ3v) is 2.07. The Balaban J connectivity index is 3.59. The van der Waals surface area contributed by atoms with Gasteiger partial charge in [-0.15, -0.1) is 0 Å². The van der Waals surface area contributed by atoms with Crippen LogP contribution in [0.5, 0.6) is 0 Å². The molecule has 94 valence electrons. The van der Waals surface area contributed by atoms with E-state index in [2.05, 4.69) is 4.74 Å². The summed E-state index contributed by atoms with van der Waals surface area (Å²) >= 11 is 0. The first kappa shape index (κ1) is 13.3. The molecule has 0 saturated carbocycles. The zero-order valence-electron chi connectivity index (χ0n) is 9.08. The molecular formula is C10H7NO7. The number of aliphatic carboxylic acids is 1. The van der Waals surface area contributed by atoms with Gasteiger partial charge < -0.3 is 9.84 Å². The lowest BCUT2D eigenvalue weighted by Crippen LogP contribution is -2.19. The van der Waals surface area contributed by atoms with Crippen LogP contribution in [0.1, 0.15) is 20.7 Å². The van der Waals surface area contributed by atoms with Crippen molar-refractivity contribution in [3.05, 3.63) is 39.4 Å². The van der Waals surface area contributed by atoms with E-state index >= 15 is 0 Å². The Morgan fingerprint density at radius 3 is 2.39 bits per heavy atom. The number of nitrogens with zero attached hydrogens (tertiary/aromatic N) is 1. The van der Waals surface area contributed by atoms with Gasteiger partial charge in [-0.1, -0.05) is 6.07 Å². The first-order valence-electron chi connectivity index (χ1n) is 4.53. The molecule has 0 heterocycles. The van der Waals surface area contributed by atoms with Crippen LogP contribution in [0, 0.1) is 10.1 Å². The molecule has 0 bridgehead atoms. The van der Waals surface area contributed by atoms with Crippen LogP contribution in [0.25, 0.3) is 0 Å². The Labute approximate surface area is 99.9 Å². The number of ketones is 1. The van der Waals surface area contributed by atoms with Crippen LogP contribution >= 0.6 is 0 Å². The molecule has 0 fully saturated rings. The van der Waals surface area contributed by atoms with Crippen LogP contribution < -0.4 is 0 Å². The van der Waals surface area contributed by atoms with Gasteiger partial charge in [0.15, 0.2) is 0 Å². The first-order valence-corrected chi connectivity index (χ1v) is 4.53. The summed E-state index contributed by atoms with van der Waals surface area (Å²) < 4.78 is 4.33. The largest absolute Gasteiger partial charge is 0.475 e. The van der Waals surface area contributed by atoms with E-state index in [1.165, 1.54) is 0 Å². The van der Waals surface area contributed by atoms with Crippen molar-refractivity contribution >= 4 is 23.4 Å². The lowest BCUT2D eigenvalue weighted by molar-refractivity contribution is -0.385. The van der Waals surface area contributed by atoms with E-state index < -0.39 is 39.5 Å². The number of esters is 1. The maximum Gasteiger partial charge on any atom is 0.377 e. The topological polar surface area (TPSA) is 124 Å². The van der Waals surface area contributed by atoms with Gasteiger partial charge in [-0.2, -0.15) is 0 Å². The fourth-order valence-corrected chi connectivity index (χ4v) is 1.32. The predicted molar refractivity (Wildman–Crippen MR) is 56.4 cm³/mol. The molecular weight excluding hydrogens is 246 g/mol. The molecule has 0 aliphatic heterocycles. The number of methoxy groups -OCH3 is 1. The molecule has 8 heteroatoms. The van der Waals surface area contributed by atoms with E-state index in [0.717, 1.165) is 25.3 Å². The number of carbonyl (C=O) groups is 3. The van der Waals surface area contributed by atoms with Gasteiger partial charge in [0.25, 0.3) is 11.5 Å². The van der Waals surface area contributed by atoms with Crippen molar-refractivity contribution in [2.45, 2.75) is 0 Å². The van der Waals surface area contributed by atoms with E-state index in [-0.39, 0.29) is 0 Å². The van der Waals surface area contributed by atoms with Crippen LogP contribution in [-0.4, -0.2) is 34.9 Å². The van der Waals surface area contributed by atoms with E-state index in [4.69, 9.17) is 5.11 Å². The zero-order valence-corrected chi connectivity index (χ0v) is 9.08. The monoisotopic (exact) mass is 253 g/mol. The lowest BCUT2D eigenvalue weighted by atomic mass is 10.0. The summed E-state index contributed by atoms with van der Waals surface area (Å²) in [5, 5.41) is 19.3. The summed E-state index contributed by atoms with van der Waals surface area (Å²) in [5.74, 6) is -4.46. The summed E-state index contributed by atoms with van der Waals surface area (Å²) in [7, 11) is 1.01. The second-order valence-corrected chi connectivity index (χ2v) is 3.08. The highest BCUT2D eigenvalue weighted by Gasteiger charge is 2.31. The molecule has 8 nitrogen and oxygen atoms in total. The molecule has 1 aromatic rings. The first-order chi connectivity index (χ1) is 8.40. The number of rotatable bonds is 4. The van der Waals surface area contributed by atoms with Crippen LogP contribution in [0.3, 0.4) is 0 Å². The van der Waals surface area contributed by atoms with Crippen molar-refractivity contribution in [3.63, 3.8) is 0 Å². The van der Waals surface area contributed by atoms with Gasteiger partial charge in [0.1, 0.15) is 5.56 Å². The van der Waals surface area contributed by atoms with Gasteiger partial charge >= 0.3 is 11.9 Å². The van der Waals surface area contributed by atoms with Crippen LogP contribution in [0.15, 0.2) is 18.2 Å². The maximum absolute atomic E-state index is 11.4. The summed E-state index contributed by atoms with van der Waals surface area (Å²) in [5.41, 5.74) is -2.01. The number of nitro benzene ring substituents is 1. The van der Waals surface area contributed by atoms with Crippen molar-refractivity contribution in [1.29, 1.82) is 0 Å². The Morgan fingerprint density at radius 2 is 1.94 bits per heavy atom. The van der Waals surface area contributed by atoms with Crippen molar-refractivity contribution in [3.8, 4) is 0 Å². The number of hydrogen-bond acceptors (Lipinski definition) is 6. The molecule has 1 aromatic carbocycles. The maximum atomic E-state index is 11.4. The van der Waals surface area contributed by atoms with Gasteiger partial charge in [-0.3, -0.25) is 14.9 Å². The quantitative estimate of drug-likeness (QED) is 0.274. The fraction of sp³-hybridized carbons (Fsp3) is 0.100. The molecule has 1 rings (SSSR count). The van der Waals surface area contributed by atoms with Crippen LogP contribution in [0.4, 0.5) is 5.69 Å². The van der Waals surface area contributed by atoms with E-state index in [1.54, 1.807) is 0 Å². The molecule has 0 aliphatic rings. The summed E-state index contributed by atoms with van der Waals surface area (Å²) in [6, 6.07) is 3.17. The lowest BCUT2D eigenvalue weighted by Gasteiger charge is -2.05. The standard InChI is InChI=1S/C10H7NO7/c1-18-10(15)5-3-2-4-6(11(16)17)7(5)8(12)9(13)14/h2-4H,1H3,(H,13,14). The number of carboxylic acid groups (broad SMARTS) is 1. The average molecular weight is 253 g/mol. The summed E-state index contributed by atoms with van der Waals surface area (Å²) in [6.07, 6.45) is 0. The predicted octanol–water partition coefficient (Wildman–Crippen LogP) is 0.649. The Bertz CT molecular complexity index is 549. The number of benzene rings is 1. The highest BCUT2D eigenvalue weighted by Crippen LogP contribution is 2.23. The Morgan fingerprint density at radius 1 is 1.33 bits per heavy atom. The SMILES string of the molecule is COC(=O)c1cccc([N+](=O)[O-])c1C(=O)C(=O)O. The Hall–Kier alpha value is -2.77. The molecule has 0 aromatic heterocycles. The van der Waals surface area contributed by atoms with Crippen molar-refractivity contribution in [2.24, 2.45) is 0 Å². The third kappa shape index (κ3) is 2.32. The van der Waals surface area contributed by atoms with E-state index in [9.17, 15) is 24.5 Å². The van der Waals surface area contributed by atoms with Crippen molar-refractivity contribution in [2.75, 3.05) is 7.11 Å². The molecule has 0 spiro atoms. The highest BCUT2D eigenvalue weighted by molar-refractivity contribution is 6.42. The molecule has 0 saturated heterocycles. The average Bonchev–Trinajstić information content (AvgIpc) is 2.35. The van der Waals surface area contributed by atoms with Gasteiger partial charge in [-0.25, -0.2) is 9.59 Å². The number of nitro groups is 1. The van der Waals surface area contributed by atoms with Gasteiger partial charge in [0, 0.05) is 6.07 Å². The van der Waals surface area contributed by atoms with Gasteiger partial charge in [0.2, 0.25) is 0 Å². The molecule has 0 radical (unpaired) electrons. The zero-order chi connectivity index (χ0) is 13.9. The second kappa shape index (κ2) is 5.04.